The molecule has 1 aliphatic rings. The molecule has 1 saturated heterocycles. The average molecular weight is 453 g/mol. The van der Waals surface area contributed by atoms with Crippen LogP contribution in [-0.4, -0.2) is 71.7 Å². The van der Waals surface area contributed by atoms with E-state index in [1.807, 2.05) is 37.6 Å². The van der Waals surface area contributed by atoms with Gasteiger partial charge in [-0.1, -0.05) is 12.7 Å². The van der Waals surface area contributed by atoms with Gasteiger partial charge in [0.1, 0.15) is 11.6 Å². The van der Waals surface area contributed by atoms with Gasteiger partial charge < -0.3 is 20.9 Å². The fourth-order valence-corrected chi connectivity index (χ4v) is 4.05. The van der Waals surface area contributed by atoms with Gasteiger partial charge in [0.25, 0.3) is 0 Å². The van der Waals surface area contributed by atoms with Crippen molar-refractivity contribution >= 4 is 35.3 Å². The van der Waals surface area contributed by atoms with Crippen LogP contribution in [0, 0.1) is 0 Å². The number of pyridine rings is 1. The predicted octanol–water partition coefficient (Wildman–Crippen LogP) is 3.78. The highest BCUT2D eigenvalue weighted by molar-refractivity contribution is 5.95. The molecule has 0 unspecified atom stereocenters. The zero-order valence-corrected chi connectivity index (χ0v) is 20.8. The number of nitrogens with zero attached hydrogens (tertiary/aromatic N) is 6. The van der Waals surface area contributed by atoms with Gasteiger partial charge >= 0.3 is 0 Å². The van der Waals surface area contributed by atoms with E-state index in [1.165, 1.54) is 19.2 Å². The lowest BCUT2D eigenvalue weighted by atomic mass is 10.0. The van der Waals surface area contributed by atoms with Gasteiger partial charge in [-0.2, -0.15) is 0 Å². The Balaban J connectivity index is 0.000000234. The number of aromatic nitrogens is 2. The molecule has 0 aliphatic carbocycles. The van der Waals surface area contributed by atoms with E-state index >= 15 is 0 Å². The maximum Gasteiger partial charge on any atom is 0.142 e. The number of hydrogen-bond donors (Lipinski definition) is 2. The van der Waals surface area contributed by atoms with Crippen LogP contribution in [0.3, 0.4) is 0 Å². The smallest absolute Gasteiger partial charge is 0.142 e. The van der Waals surface area contributed by atoms with Crippen molar-refractivity contribution in [3.8, 4) is 0 Å². The summed E-state index contributed by atoms with van der Waals surface area (Å²) in [4.78, 5) is 17.3. The first-order valence-corrected chi connectivity index (χ1v) is 11.5. The zero-order chi connectivity index (χ0) is 24.4. The van der Waals surface area contributed by atoms with Crippen LogP contribution in [-0.2, 0) is 0 Å². The first kappa shape index (κ1) is 26.3. The minimum absolute atomic E-state index is 0.286. The van der Waals surface area contributed by atoms with Crippen LogP contribution in [0.1, 0.15) is 45.2 Å². The number of likely N-dealkylation sites (tertiary alicyclic amines) is 1. The van der Waals surface area contributed by atoms with Crippen molar-refractivity contribution in [2.75, 3.05) is 33.7 Å². The Morgan fingerprint density at radius 3 is 2.58 bits per heavy atom. The highest BCUT2D eigenvalue weighted by Crippen LogP contribution is 2.35. The minimum Gasteiger partial charge on any atom is -0.390 e. The zero-order valence-electron chi connectivity index (χ0n) is 20.8. The number of rotatable bonds is 7. The predicted molar refractivity (Wildman–Crippen MR) is 142 cm³/mol. The third kappa shape index (κ3) is 7.00. The van der Waals surface area contributed by atoms with Gasteiger partial charge in [-0.3, -0.25) is 9.88 Å². The maximum absolute atomic E-state index is 5.59. The van der Waals surface area contributed by atoms with E-state index < -0.39 is 0 Å². The van der Waals surface area contributed by atoms with E-state index in [4.69, 9.17) is 11.5 Å². The molecule has 2 aromatic rings. The van der Waals surface area contributed by atoms with Gasteiger partial charge in [0.15, 0.2) is 0 Å². The van der Waals surface area contributed by atoms with Gasteiger partial charge in [-0.25, -0.2) is 9.98 Å². The molecule has 1 aliphatic heterocycles. The molecule has 4 N–H and O–H groups in total. The molecule has 1 fully saturated rings. The molecule has 0 amide bonds. The number of nitrogens with two attached hydrogens (primary N) is 2. The Kier molecular flexibility index (Phi) is 10.3. The Hall–Kier alpha value is -2.97. The first-order valence-electron chi connectivity index (χ1n) is 11.5. The molecule has 8 nitrogen and oxygen atoms in total. The van der Waals surface area contributed by atoms with Crippen LogP contribution in [0.5, 0.6) is 0 Å². The van der Waals surface area contributed by atoms with Crippen molar-refractivity contribution in [2.24, 2.45) is 21.5 Å². The summed E-state index contributed by atoms with van der Waals surface area (Å²) in [7, 11) is 4.32. The van der Waals surface area contributed by atoms with E-state index in [2.05, 4.69) is 63.9 Å². The molecule has 8 heteroatoms. The summed E-state index contributed by atoms with van der Waals surface area (Å²) in [6, 6.07) is 3.00. The Bertz CT molecular complexity index is 976. The molecule has 0 aromatic carbocycles. The van der Waals surface area contributed by atoms with Crippen LogP contribution >= 0.6 is 0 Å². The minimum atomic E-state index is 0.286. The van der Waals surface area contributed by atoms with E-state index in [9.17, 15) is 0 Å². The van der Waals surface area contributed by atoms with E-state index in [1.54, 1.807) is 6.20 Å². The van der Waals surface area contributed by atoms with Crippen molar-refractivity contribution in [1.82, 2.24) is 19.4 Å². The second-order valence-corrected chi connectivity index (χ2v) is 8.60. The van der Waals surface area contributed by atoms with Crippen LogP contribution < -0.4 is 11.5 Å². The van der Waals surface area contributed by atoms with E-state index in [-0.39, 0.29) is 6.04 Å². The summed E-state index contributed by atoms with van der Waals surface area (Å²) >= 11 is 0. The second-order valence-electron chi connectivity index (χ2n) is 8.60. The molecular weight excluding hydrogens is 412 g/mol. The highest BCUT2D eigenvalue weighted by Gasteiger charge is 2.19. The van der Waals surface area contributed by atoms with Crippen LogP contribution in [0.2, 0.25) is 0 Å². The molecule has 2 aromatic heterocycles. The molecule has 0 atom stereocenters. The van der Waals surface area contributed by atoms with Gasteiger partial charge in [0.2, 0.25) is 0 Å². The number of allylic oxidation sites excluding steroid dienone is 1. The maximum atomic E-state index is 5.59. The van der Waals surface area contributed by atoms with Gasteiger partial charge in [0, 0.05) is 55.1 Å². The fraction of sp³-hybridized carbons (Fsp3) is 0.480. The van der Waals surface area contributed by atoms with Crippen LogP contribution in [0.4, 0.5) is 5.82 Å². The molecule has 0 saturated carbocycles. The quantitative estimate of drug-likeness (QED) is 0.492. The molecule has 0 spiro atoms. The number of aliphatic imine (C=N–C) groups is 2. The Morgan fingerprint density at radius 2 is 2.03 bits per heavy atom. The van der Waals surface area contributed by atoms with Crippen molar-refractivity contribution in [2.45, 2.75) is 45.7 Å². The SMILES string of the molecule is C/C=C(N)\N=C/CN1CCC(N(C)C)CC1.C=Cc1c(/N=C\N)n(C(C)C)c2cnccc12. The summed E-state index contributed by atoms with van der Waals surface area (Å²) in [6.07, 6.45) is 13.0. The Morgan fingerprint density at radius 1 is 1.33 bits per heavy atom. The van der Waals surface area contributed by atoms with Crippen molar-refractivity contribution in [3.05, 3.63) is 42.5 Å². The van der Waals surface area contributed by atoms with E-state index in [0.29, 0.717) is 5.82 Å². The molecule has 0 radical (unpaired) electrons. The molecule has 3 heterocycles. The van der Waals surface area contributed by atoms with Crippen molar-refractivity contribution in [1.29, 1.82) is 0 Å². The molecule has 3 rings (SSSR count). The summed E-state index contributed by atoms with van der Waals surface area (Å²) in [6.45, 7) is 13.2. The van der Waals surface area contributed by atoms with Crippen molar-refractivity contribution < 1.29 is 0 Å². The van der Waals surface area contributed by atoms with Crippen molar-refractivity contribution in [3.63, 3.8) is 0 Å². The van der Waals surface area contributed by atoms with Crippen LogP contribution in [0.25, 0.3) is 17.0 Å². The van der Waals surface area contributed by atoms with E-state index in [0.717, 1.165) is 48.0 Å². The molecular formula is C25H40N8. The summed E-state index contributed by atoms with van der Waals surface area (Å²) in [5, 5.41) is 1.10. The Labute approximate surface area is 198 Å². The standard InChI is InChI=1S/C13H16N4.C12H24N4/c1-4-10-11-5-6-15-7-12(11)17(9(2)3)13(10)16-8-14;1-4-12(13)14-7-10-16-8-5-11(6-9-16)15(2)3/h4-9H,1H2,2-3H3,(H2,14,16);4,7,11H,5-6,8-10,13H2,1-3H3/b;12-4-,14-7-. The molecule has 180 valence electrons. The summed E-state index contributed by atoms with van der Waals surface area (Å²) in [5.41, 5.74) is 13.1. The van der Waals surface area contributed by atoms with Gasteiger partial charge in [-0.05, 0) is 59.9 Å². The van der Waals surface area contributed by atoms with Gasteiger partial charge in [-0.15, -0.1) is 0 Å². The van der Waals surface area contributed by atoms with Gasteiger partial charge in [0.05, 0.1) is 18.1 Å². The topological polar surface area (TPSA) is 101 Å². The first-order chi connectivity index (χ1) is 15.8. The normalized spacial score (nSPS) is 16.3. The lowest BCUT2D eigenvalue weighted by Gasteiger charge is -2.34. The second kappa shape index (κ2) is 12.9. The molecule has 0 bridgehead atoms. The lowest BCUT2D eigenvalue weighted by Crippen LogP contribution is -2.42. The monoisotopic (exact) mass is 452 g/mol. The number of hydrogen-bond acceptors (Lipinski definition) is 6. The van der Waals surface area contributed by atoms with Crippen LogP contribution in [0.15, 0.2) is 46.9 Å². The number of fused-ring (bicyclic) bond motifs is 1. The average Bonchev–Trinajstić information content (AvgIpc) is 3.13. The third-order valence-corrected chi connectivity index (χ3v) is 5.90. The third-order valence-electron chi connectivity index (χ3n) is 5.90. The summed E-state index contributed by atoms with van der Waals surface area (Å²) < 4.78 is 2.11. The highest BCUT2D eigenvalue weighted by atomic mass is 15.2. The largest absolute Gasteiger partial charge is 0.390 e. The number of piperidine rings is 1. The lowest BCUT2D eigenvalue weighted by molar-refractivity contribution is 0.159. The molecule has 33 heavy (non-hydrogen) atoms. The summed E-state index contributed by atoms with van der Waals surface area (Å²) in [5.74, 6) is 1.43. The fourth-order valence-electron chi connectivity index (χ4n) is 4.05.